The predicted molar refractivity (Wildman–Crippen MR) is 117 cm³/mol. The number of para-hydroxylation sites is 1. The molecule has 0 aliphatic rings. The van der Waals surface area contributed by atoms with Gasteiger partial charge in [-0.25, -0.2) is 4.79 Å². The molecule has 0 aliphatic heterocycles. The van der Waals surface area contributed by atoms with E-state index in [0.717, 1.165) is 11.3 Å². The normalized spacial score (nSPS) is 11.4. The Morgan fingerprint density at radius 1 is 0.900 bits per heavy atom. The fraction of sp³-hybridized carbons (Fsp3) is 0.200. The Balaban J connectivity index is 1.79. The summed E-state index contributed by atoms with van der Waals surface area (Å²) >= 11 is 0. The van der Waals surface area contributed by atoms with E-state index >= 15 is 0 Å². The van der Waals surface area contributed by atoms with Crippen LogP contribution in [0.2, 0.25) is 0 Å². The highest BCUT2D eigenvalue weighted by Crippen LogP contribution is 2.21. The van der Waals surface area contributed by atoms with Crippen molar-refractivity contribution in [1.82, 2.24) is 0 Å². The third kappa shape index (κ3) is 5.47. The van der Waals surface area contributed by atoms with Gasteiger partial charge in [0, 0.05) is 5.69 Å². The highest BCUT2D eigenvalue weighted by atomic mass is 16.5. The monoisotopic (exact) mass is 403 g/mol. The Morgan fingerprint density at radius 2 is 1.57 bits per heavy atom. The van der Waals surface area contributed by atoms with Gasteiger partial charge < -0.3 is 14.4 Å². The number of hydrogen-bond donors (Lipinski definition) is 0. The van der Waals surface area contributed by atoms with Gasteiger partial charge in [-0.2, -0.15) is 0 Å². The number of rotatable bonds is 8. The minimum atomic E-state index is -0.744. The van der Waals surface area contributed by atoms with Crippen molar-refractivity contribution in [2.45, 2.75) is 26.5 Å². The summed E-state index contributed by atoms with van der Waals surface area (Å²) in [5, 5.41) is 0. The van der Waals surface area contributed by atoms with Crippen LogP contribution in [0.5, 0.6) is 5.75 Å². The number of carbonyl (C=O) groups excluding carboxylic acids is 2. The number of amides is 1. The van der Waals surface area contributed by atoms with Crippen molar-refractivity contribution in [2.75, 3.05) is 11.5 Å². The second-order valence-electron chi connectivity index (χ2n) is 6.75. The molecule has 1 amide bonds. The van der Waals surface area contributed by atoms with Gasteiger partial charge in [-0.15, -0.1) is 0 Å². The second kappa shape index (κ2) is 10.3. The first-order valence-corrected chi connectivity index (χ1v) is 9.92. The van der Waals surface area contributed by atoms with E-state index in [-0.39, 0.29) is 5.91 Å². The average molecular weight is 403 g/mol. The van der Waals surface area contributed by atoms with E-state index < -0.39 is 12.1 Å². The first-order valence-electron chi connectivity index (χ1n) is 9.92. The second-order valence-corrected chi connectivity index (χ2v) is 6.75. The molecule has 0 aromatic heterocycles. The van der Waals surface area contributed by atoms with Crippen LogP contribution in [0.15, 0.2) is 84.9 Å². The summed E-state index contributed by atoms with van der Waals surface area (Å²) in [7, 11) is 0. The van der Waals surface area contributed by atoms with Gasteiger partial charge in [-0.05, 0) is 49.7 Å². The molecular weight excluding hydrogens is 378 g/mol. The molecule has 3 aromatic carbocycles. The summed E-state index contributed by atoms with van der Waals surface area (Å²) in [5.41, 5.74) is 2.20. The molecule has 0 radical (unpaired) electrons. The lowest BCUT2D eigenvalue weighted by atomic mass is 10.1. The molecule has 30 heavy (non-hydrogen) atoms. The molecule has 0 spiro atoms. The van der Waals surface area contributed by atoms with E-state index in [1.807, 2.05) is 60.7 Å². The third-order valence-electron chi connectivity index (χ3n) is 4.52. The molecule has 154 valence electrons. The maximum atomic E-state index is 13.3. The predicted octanol–water partition coefficient (Wildman–Crippen LogP) is 4.86. The highest BCUT2D eigenvalue weighted by Gasteiger charge is 2.24. The fourth-order valence-electron chi connectivity index (χ4n) is 3.06. The van der Waals surface area contributed by atoms with Crippen molar-refractivity contribution in [1.29, 1.82) is 0 Å². The average Bonchev–Trinajstić information content (AvgIpc) is 2.78. The summed E-state index contributed by atoms with van der Waals surface area (Å²) in [5.74, 6) is -0.155. The standard InChI is InChI=1S/C25H25NO4/c1-3-29-25(28)21-13-10-16-23(17-21)30-19(2)24(27)26(22-14-8-5-9-15-22)18-20-11-6-4-7-12-20/h4-17,19H,3,18H2,1-2H3. The molecule has 5 nitrogen and oxygen atoms in total. The molecule has 0 aliphatic carbocycles. The van der Waals surface area contributed by atoms with Crippen molar-refractivity contribution in [3.8, 4) is 5.75 Å². The lowest BCUT2D eigenvalue weighted by Gasteiger charge is -2.26. The van der Waals surface area contributed by atoms with Gasteiger partial charge in [-0.1, -0.05) is 54.6 Å². The zero-order valence-corrected chi connectivity index (χ0v) is 17.2. The molecule has 3 aromatic rings. The number of anilines is 1. The smallest absolute Gasteiger partial charge is 0.338 e. The van der Waals surface area contributed by atoms with Gasteiger partial charge in [0.2, 0.25) is 0 Å². The topological polar surface area (TPSA) is 55.8 Å². The van der Waals surface area contributed by atoms with Crippen LogP contribution in [-0.4, -0.2) is 24.6 Å². The van der Waals surface area contributed by atoms with E-state index in [4.69, 9.17) is 9.47 Å². The van der Waals surface area contributed by atoms with E-state index in [2.05, 4.69) is 0 Å². The molecule has 3 rings (SSSR count). The molecule has 1 atom stereocenters. The molecule has 1 unspecified atom stereocenters. The van der Waals surface area contributed by atoms with Crippen LogP contribution in [0.4, 0.5) is 5.69 Å². The van der Waals surface area contributed by atoms with Crippen LogP contribution >= 0.6 is 0 Å². The van der Waals surface area contributed by atoms with Crippen LogP contribution in [0.1, 0.15) is 29.8 Å². The minimum Gasteiger partial charge on any atom is -0.481 e. The van der Waals surface area contributed by atoms with Crippen LogP contribution in [0.25, 0.3) is 0 Å². The van der Waals surface area contributed by atoms with E-state index in [1.165, 1.54) is 0 Å². The Morgan fingerprint density at radius 3 is 2.23 bits per heavy atom. The first kappa shape index (κ1) is 21.1. The summed E-state index contributed by atoms with van der Waals surface area (Å²) in [6, 6.07) is 26.0. The molecule has 5 heteroatoms. The Kier molecular flexibility index (Phi) is 7.22. The minimum absolute atomic E-state index is 0.174. The van der Waals surface area contributed by atoms with Gasteiger partial charge >= 0.3 is 5.97 Å². The van der Waals surface area contributed by atoms with Crippen molar-refractivity contribution in [3.63, 3.8) is 0 Å². The molecule has 0 saturated heterocycles. The van der Waals surface area contributed by atoms with Crippen molar-refractivity contribution in [3.05, 3.63) is 96.1 Å². The number of benzene rings is 3. The van der Waals surface area contributed by atoms with Crippen LogP contribution in [0.3, 0.4) is 0 Å². The molecule has 0 bridgehead atoms. The van der Waals surface area contributed by atoms with Crippen molar-refractivity contribution < 1.29 is 19.1 Å². The van der Waals surface area contributed by atoms with Crippen LogP contribution < -0.4 is 9.64 Å². The lowest BCUT2D eigenvalue weighted by molar-refractivity contribution is -0.124. The summed E-state index contributed by atoms with van der Waals surface area (Å²) in [6.45, 7) is 4.19. The third-order valence-corrected chi connectivity index (χ3v) is 4.52. The maximum absolute atomic E-state index is 13.3. The quantitative estimate of drug-likeness (QED) is 0.504. The summed E-state index contributed by atoms with van der Waals surface area (Å²) in [4.78, 5) is 26.9. The number of ether oxygens (including phenoxy) is 2. The number of carbonyl (C=O) groups is 2. The summed E-state index contributed by atoms with van der Waals surface area (Å²) in [6.07, 6.45) is -0.744. The number of nitrogens with zero attached hydrogens (tertiary/aromatic N) is 1. The number of hydrogen-bond acceptors (Lipinski definition) is 4. The number of esters is 1. The molecule has 0 saturated carbocycles. The highest BCUT2D eigenvalue weighted by molar-refractivity contribution is 5.96. The van der Waals surface area contributed by atoms with Gasteiger partial charge in [-0.3, -0.25) is 4.79 Å². The summed E-state index contributed by atoms with van der Waals surface area (Å²) < 4.78 is 10.9. The SMILES string of the molecule is CCOC(=O)c1cccc(OC(C)C(=O)N(Cc2ccccc2)c2ccccc2)c1. The molecule has 0 heterocycles. The lowest BCUT2D eigenvalue weighted by Crippen LogP contribution is -2.40. The van der Waals surface area contributed by atoms with Gasteiger partial charge in [0.1, 0.15) is 5.75 Å². The van der Waals surface area contributed by atoms with Gasteiger partial charge in [0.05, 0.1) is 18.7 Å². The molecular formula is C25H25NO4. The van der Waals surface area contributed by atoms with Crippen LogP contribution in [0, 0.1) is 0 Å². The Bertz CT molecular complexity index is 973. The van der Waals surface area contributed by atoms with E-state index in [0.29, 0.717) is 24.5 Å². The van der Waals surface area contributed by atoms with Crippen molar-refractivity contribution in [2.24, 2.45) is 0 Å². The van der Waals surface area contributed by atoms with Gasteiger partial charge in [0.15, 0.2) is 6.10 Å². The van der Waals surface area contributed by atoms with E-state index in [9.17, 15) is 9.59 Å². The molecule has 0 N–H and O–H groups in total. The van der Waals surface area contributed by atoms with E-state index in [1.54, 1.807) is 43.0 Å². The molecule has 0 fully saturated rings. The zero-order chi connectivity index (χ0) is 21.3. The Labute approximate surface area is 176 Å². The first-order chi connectivity index (χ1) is 14.6. The zero-order valence-electron chi connectivity index (χ0n) is 17.2. The van der Waals surface area contributed by atoms with Crippen LogP contribution in [-0.2, 0) is 16.1 Å². The largest absolute Gasteiger partial charge is 0.481 e. The Hall–Kier alpha value is -3.60. The maximum Gasteiger partial charge on any atom is 0.338 e. The van der Waals surface area contributed by atoms with Gasteiger partial charge in [0.25, 0.3) is 5.91 Å². The fourth-order valence-corrected chi connectivity index (χ4v) is 3.06. The van der Waals surface area contributed by atoms with Crippen molar-refractivity contribution >= 4 is 17.6 Å².